The van der Waals surface area contributed by atoms with Gasteiger partial charge in [-0.25, -0.2) is 4.79 Å². The number of ether oxygens (including phenoxy) is 5. The first kappa shape index (κ1) is 49.5. The third-order valence-corrected chi connectivity index (χ3v) is 7.97. The molecular weight excluding hydrogens is 786 g/mol. The van der Waals surface area contributed by atoms with Crippen LogP contribution in [0.1, 0.15) is 25.7 Å². The van der Waals surface area contributed by atoms with Gasteiger partial charge < -0.3 is 55.0 Å². The van der Waals surface area contributed by atoms with Crippen molar-refractivity contribution in [2.45, 2.75) is 25.7 Å². The number of carbonyl (C=O) groups excluding carboxylic acids is 9. The highest BCUT2D eigenvalue weighted by molar-refractivity contribution is 6.13. The summed E-state index contributed by atoms with van der Waals surface area (Å²) in [5.41, 5.74) is 0. The number of nitrogens with zero attached hydrogens (tertiary/aromatic N) is 3. The molecule has 2 heterocycles. The number of amides is 9. The highest BCUT2D eigenvalue weighted by Gasteiger charge is 2.24. The minimum absolute atomic E-state index is 0.0106. The van der Waals surface area contributed by atoms with Crippen LogP contribution in [0, 0.1) is 0 Å². The molecule has 0 spiro atoms. The lowest BCUT2D eigenvalue weighted by Gasteiger charge is -2.23. The van der Waals surface area contributed by atoms with Crippen molar-refractivity contribution in [1.29, 1.82) is 0 Å². The van der Waals surface area contributed by atoms with Crippen LogP contribution in [0.25, 0.3) is 0 Å². The van der Waals surface area contributed by atoms with Crippen LogP contribution in [0.15, 0.2) is 24.3 Å². The monoisotopic (exact) mass is 839 g/mol. The van der Waals surface area contributed by atoms with Gasteiger partial charge >= 0.3 is 5.97 Å². The molecule has 0 saturated heterocycles. The third kappa shape index (κ3) is 22.8. The van der Waals surface area contributed by atoms with Crippen molar-refractivity contribution in [1.82, 2.24) is 36.0 Å². The first-order valence-corrected chi connectivity index (χ1v) is 18.9. The third-order valence-electron chi connectivity index (χ3n) is 7.97. The molecule has 0 aromatic carbocycles. The highest BCUT2D eigenvalue weighted by Crippen LogP contribution is 2.05. The van der Waals surface area contributed by atoms with E-state index >= 15 is 0 Å². The van der Waals surface area contributed by atoms with Gasteiger partial charge in [-0.1, -0.05) is 0 Å². The van der Waals surface area contributed by atoms with Gasteiger partial charge in [-0.2, -0.15) is 0 Å². The van der Waals surface area contributed by atoms with E-state index in [0.29, 0.717) is 0 Å². The number of imide groups is 2. The van der Waals surface area contributed by atoms with E-state index in [2.05, 4.69) is 21.3 Å². The van der Waals surface area contributed by atoms with Gasteiger partial charge in [0.1, 0.15) is 13.2 Å². The van der Waals surface area contributed by atoms with Gasteiger partial charge in [0.15, 0.2) is 0 Å². The van der Waals surface area contributed by atoms with Crippen molar-refractivity contribution in [3.8, 4) is 0 Å². The second-order valence-electron chi connectivity index (χ2n) is 12.4. The largest absolute Gasteiger partial charge is 0.480 e. The van der Waals surface area contributed by atoms with E-state index in [9.17, 15) is 47.9 Å². The Bertz CT molecular complexity index is 1390. The van der Waals surface area contributed by atoms with Crippen LogP contribution in [0.4, 0.5) is 0 Å². The number of hydrogen-bond donors (Lipinski definition) is 5. The number of rotatable bonds is 34. The Balaban J connectivity index is 1.49. The van der Waals surface area contributed by atoms with Crippen LogP contribution in [-0.2, 0) is 71.6 Å². The molecule has 0 atom stereocenters. The fourth-order valence-electron chi connectivity index (χ4n) is 4.92. The molecule has 23 nitrogen and oxygen atoms in total. The lowest BCUT2D eigenvalue weighted by molar-refractivity contribution is -0.146. The van der Waals surface area contributed by atoms with E-state index in [0.717, 1.165) is 34.1 Å². The molecule has 23 heteroatoms. The molecule has 0 aromatic heterocycles. The fourth-order valence-corrected chi connectivity index (χ4v) is 4.92. The first-order valence-electron chi connectivity index (χ1n) is 18.9. The van der Waals surface area contributed by atoms with Crippen LogP contribution in [0.2, 0.25) is 0 Å². The van der Waals surface area contributed by atoms with Gasteiger partial charge in [0.2, 0.25) is 29.5 Å². The highest BCUT2D eigenvalue weighted by atomic mass is 16.5. The van der Waals surface area contributed by atoms with Crippen LogP contribution in [0.5, 0.6) is 0 Å². The van der Waals surface area contributed by atoms with Gasteiger partial charge in [0.25, 0.3) is 23.6 Å². The summed E-state index contributed by atoms with van der Waals surface area (Å²) in [6.07, 6.45) is 4.60. The van der Waals surface area contributed by atoms with E-state index in [-0.39, 0.29) is 155 Å². The summed E-state index contributed by atoms with van der Waals surface area (Å²) in [6.45, 7) is 0.869. The Kier molecular flexibility index (Phi) is 24.8. The summed E-state index contributed by atoms with van der Waals surface area (Å²) in [6, 6.07) is 0. The maximum absolute atomic E-state index is 12.6. The molecule has 9 amide bonds. The lowest BCUT2D eigenvalue weighted by Crippen LogP contribution is -2.44. The maximum Gasteiger partial charge on any atom is 0.329 e. The predicted molar refractivity (Wildman–Crippen MR) is 201 cm³/mol. The smallest absolute Gasteiger partial charge is 0.329 e. The van der Waals surface area contributed by atoms with Crippen molar-refractivity contribution < 1.29 is 76.7 Å². The van der Waals surface area contributed by atoms with Crippen molar-refractivity contribution in [3.63, 3.8) is 0 Å². The Morgan fingerprint density at radius 1 is 0.475 bits per heavy atom. The zero-order valence-corrected chi connectivity index (χ0v) is 32.8. The maximum atomic E-state index is 12.6. The summed E-state index contributed by atoms with van der Waals surface area (Å²) in [5.74, 6) is -4.96. The molecule has 5 N–H and O–H groups in total. The summed E-state index contributed by atoms with van der Waals surface area (Å²) >= 11 is 0. The SMILES string of the molecule is O=C(O)COCC(=O)N(CCNC(=O)CCOCCOCCNC(=O)CCN1C(=O)C=CC1=O)CCNC(=O)CCOCCOCCNC(=O)CCN1C(=O)C=CC1=O. The van der Waals surface area contributed by atoms with Crippen LogP contribution < -0.4 is 21.3 Å². The molecular formula is C36H53N7O16. The predicted octanol–water partition coefficient (Wildman–Crippen LogP) is -4.14. The van der Waals surface area contributed by atoms with Gasteiger partial charge in [-0.3, -0.25) is 53.0 Å². The van der Waals surface area contributed by atoms with Crippen molar-refractivity contribution in [2.75, 3.05) is 118 Å². The summed E-state index contributed by atoms with van der Waals surface area (Å²) in [7, 11) is 0. The van der Waals surface area contributed by atoms with Crippen LogP contribution >= 0.6 is 0 Å². The quantitative estimate of drug-likeness (QED) is 0.0304. The fraction of sp³-hybridized carbons (Fsp3) is 0.611. The van der Waals surface area contributed by atoms with Crippen molar-refractivity contribution in [3.05, 3.63) is 24.3 Å². The topological polar surface area (TPSA) is 295 Å². The number of carboxylic acids is 1. The first-order chi connectivity index (χ1) is 28.4. The Morgan fingerprint density at radius 3 is 1.22 bits per heavy atom. The zero-order valence-electron chi connectivity index (χ0n) is 32.8. The number of nitrogens with one attached hydrogen (secondary N) is 4. The van der Waals surface area contributed by atoms with E-state index in [1.807, 2.05) is 0 Å². The molecule has 0 aromatic rings. The molecule has 59 heavy (non-hydrogen) atoms. The average Bonchev–Trinajstić information content (AvgIpc) is 3.70. The number of carbonyl (C=O) groups is 10. The standard InChI is InChI=1S/C36H53N7O16/c44-27(5-13-42-31(48)1-2-32(42)49)39-11-19-57-23-21-55-17-7-29(46)37-9-15-41(35(52)25-59-26-36(53)54)16-10-38-30(47)8-18-56-22-24-58-20-12-40-28(45)6-14-43-33(50)3-4-34(43)51/h1-4H,5-26H2,(H,37,46)(H,38,47)(H,39,44)(H,40,45)(H,53,54). The van der Waals surface area contributed by atoms with E-state index < -0.39 is 48.7 Å². The minimum Gasteiger partial charge on any atom is -0.480 e. The van der Waals surface area contributed by atoms with Crippen LogP contribution in [-0.4, -0.2) is 197 Å². The second-order valence-corrected chi connectivity index (χ2v) is 12.4. The summed E-state index contributed by atoms with van der Waals surface area (Å²) < 4.78 is 26.4. The van der Waals surface area contributed by atoms with E-state index in [4.69, 9.17) is 28.8 Å². The summed E-state index contributed by atoms with van der Waals surface area (Å²) in [4.78, 5) is 121. The molecule has 2 rings (SSSR count). The minimum atomic E-state index is -1.25. The molecule has 0 radical (unpaired) electrons. The molecule has 0 unspecified atom stereocenters. The molecule has 0 bridgehead atoms. The lowest BCUT2D eigenvalue weighted by atomic mass is 10.3. The number of hydrogen-bond acceptors (Lipinski definition) is 15. The van der Waals surface area contributed by atoms with Gasteiger partial charge in [-0.15, -0.1) is 0 Å². The van der Waals surface area contributed by atoms with E-state index in [1.54, 1.807) is 0 Å². The Morgan fingerprint density at radius 2 is 0.831 bits per heavy atom. The van der Waals surface area contributed by atoms with E-state index in [1.165, 1.54) is 4.90 Å². The average molecular weight is 840 g/mol. The molecule has 0 saturated carbocycles. The molecule has 0 fully saturated rings. The van der Waals surface area contributed by atoms with Gasteiger partial charge in [0.05, 0.1) is 52.9 Å². The zero-order chi connectivity index (χ0) is 43.3. The van der Waals surface area contributed by atoms with Crippen LogP contribution in [0.3, 0.4) is 0 Å². The van der Waals surface area contributed by atoms with Gasteiger partial charge in [-0.05, 0) is 0 Å². The molecule has 2 aliphatic rings. The second kappa shape index (κ2) is 29.6. The summed E-state index contributed by atoms with van der Waals surface area (Å²) in [5, 5.41) is 19.3. The Labute approximate surface area is 340 Å². The molecule has 328 valence electrons. The number of aliphatic carboxylic acids is 1. The normalized spacial score (nSPS) is 13.3. The molecule has 0 aliphatic carbocycles. The Hall–Kier alpha value is -5.62. The number of carboxylic acid groups (broad SMARTS) is 1. The molecule has 2 aliphatic heterocycles. The van der Waals surface area contributed by atoms with Crippen molar-refractivity contribution in [2.24, 2.45) is 0 Å². The van der Waals surface area contributed by atoms with Crippen molar-refractivity contribution >= 4 is 59.1 Å². The van der Waals surface area contributed by atoms with Gasteiger partial charge in [0, 0.05) is 102 Å².